The third-order valence-corrected chi connectivity index (χ3v) is 8.11. The Labute approximate surface area is 252 Å². The van der Waals surface area contributed by atoms with E-state index in [0.29, 0.717) is 62.7 Å². The van der Waals surface area contributed by atoms with Crippen LogP contribution in [-0.4, -0.2) is 61.5 Å². The first kappa shape index (κ1) is 29.1. The number of hydrogen-bond donors (Lipinski definition) is 3. The molecule has 5 heterocycles. The number of rotatable bonds is 10. The topological polar surface area (TPSA) is 159 Å². The summed E-state index contributed by atoms with van der Waals surface area (Å²) in [6.07, 6.45) is 10.1. The van der Waals surface area contributed by atoms with E-state index in [0.717, 1.165) is 30.0 Å². The van der Waals surface area contributed by atoms with Crippen molar-refractivity contribution < 1.29 is 17.6 Å². The predicted molar refractivity (Wildman–Crippen MR) is 167 cm³/mol. The Morgan fingerprint density at radius 3 is 2.73 bits per heavy atom. The zero-order valence-corrected chi connectivity index (χ0v) is 24.9. The number of sulfone groups is 1. The van der Waals surface area contributed by atoms with Crippen molar-refractivity contribution in [3.05, 3.63) is 72.6 Å². The molecule has 1 aromatic carbocycles. The van der Waals surface area contributed by atoms with Crippen LogP contribution in [0.15, 0.2) is 61.2 Å². The molecule has 0 aliphatic rings. The highest BCUT2D eigenvalue weighted by Gasteiger charge is 2.18. The molecule has 224 valence electrons. The molecule has 3 N–H and O–H groups in total. The number of imidazole rings is 1. The molecule has 6 rings (SSSR count). The number of hydrogen-bond acceptors (Lipinski definition) is 8. The van der Waals surface area contributed by atoms with Crippen molar-refractivity contribution >= 4 is 43.5 Å². The molecular weight excluding hydrogens is 583 g/mol. The van der Waals surface area contributed by atoms with E-state index < -0.39 is 15.7 Å². The van der Waals surface area contributed by atoms with Gasteiger partial charge < -0.3 is 10.3 Å². The molecule has 0 fully saturated rings. The quantitative estimate of drug-likeness (QED) is 0.183. The van der Waals surface area contributed by atoms with Crippen molar-refractivity contribution in [1.82, 2.24) is 35.1 Å². The third-order valence-electron chi connectivity index (χ3n) is 7.17. The number of benzene rings is 1. The second-order valence-corrected chi connectivity index (χ2v) is 12.9. The van der Waals surface area contributed by atoms with E-state index in [2.05, 4.69) is 40.4 Å². The monoisotopic (exact) mass is 612 g/mol. The number of aromatic amines is 2. The van der Waals surface area contributed by atoms with Gasteiger partial charge in [0.05, 0.1) is 40.6 Å². The van der Waals surface area contributed by atoms with Gasteiger partial charge in [-0.05, 0) is 54.3 Å². The van der Waals surface area contributed by atoms with Gasteiger partial charge in [0.25, 0.3) is 0 Å². The van der Waals surface area contributed by atoms with E-state index in [4.69, 9.17) is 0 Å². The SMILES string of the molecule is CCCCC(=O)Nc1cncc(-c2cc3c(-c4nc5nccc(-c6cc(F)cc(CCS(C)(=O)=O)c6)c5[nH]4)n[nH]c3cn2)c1. The van der Waals surface area contributed by atoms with Crippen LogP contribution in [0.25, 0.3) is 56.0 Å². The van der Waals surface area contributed by atoms with Gasteiger partial charge in [0.2, 0.25) is 5.91 Å². The summed E-state index contributed by atoms with van der Waals surface area (Å²) in [5.41, 5.74) is 5.99. The highest BCUT2D eigenvalue weighted by Crippen LogP contribution is 2.33. The minimum Gasteiger partial charge on any atom is -0.335 e. The van der Waals surface area contributed by atoms with Crippen molar-refractivity contribution in [3.63, 3.8) is 0 Å². The number of pyridine rings is 3. The number of aromatic nitrogens is 7. The molecule has 5 aromatic heterocycles. The van der Waals surface area contributed by atoms with Gasteiger partial charge in [-0.15, -0.1) is 0 Å². The molecule has 0 aliphatic carbocycles. The highest BCUT2D eigenvalue weighted by atomic mass is 32.2. The summed E-state index contributed by atoms with van der Waals surface area (Å²) < 4.78 is 38.0. The van der Waals surface area contributed by atoms with Gasteiger partial charge in [-0.25, -0.2) is 22.8 Å². The Bertz CT molecular complexity index is 2120. The number of carbonyl (C=O) groups is 1. The number of amides is 1. The molecule has 1 amide bonds. The molecule has 6 aromatic rings. The summed E-state index contributed by atoms with van der Waals surface area (Å²) in [5.74, 6) is -0.153. The number of anilines is 1. The molecule has 0 spiro atoms. The van der Waals surface area contributed by atoms with Gasteiger partial charge in [-0.2, -0.15) is 5.10 Å². The molecular formula is C31H29FN8O3S. The lowest BCUT2D eigenvalue weighted by Crippen LogP contribution is -2.11. The van der Waals surface area contributed by atoms with Crippen LogP contribution in [0.4, 0.5) is 10.1 Å². The molecule has 13 heteroatoms. The number of aryl methyl sites for hydroxylation is 1. The average Bonchev–Trinajstić information content (AvgIpc) is 3.62. The Balaban J connectivity index is 1.35. The van der Waals surface area contributed by atoms with Crippen molar-refractivity contribution in [3.8, 4) is 33.9 Å². The maximum absolute atomic E-state index is 14.6. The standard InChI is InChI=1S/C31H29FN8O3S/c1-3-4-5-27(41)36-22-13-20(15-33-16-22)25-14-24-26(17-35-25)39-40-29(24)31-37-28-23(6-8-34-30(28)38-31)19-10-18(11-21(32)12-19)7-9-44(2,42)43/h6,8,10-17H,3-5,7,9H2,1-2H3,(H,36,41)(H,39,40)(H,34,37,38). The maximum Gasteiger partial charge on any atom is 0.224 e. The number of nitrogens with one attached hydrogen (secondary N) is 3. The number of H-pyrrole nitrogens is 2. The van der Waals surface area contributed by atoms with Gasteiger partial charge in [0, 0.05) is 41.6 Å². The van der Waals surface area contributed by atoms with E-state index >= 15 is 0 Å². The summed E-state index contributed by atoms with van der Waals surface area (Å²) in [5, 5.41) is 11.1. The van der Waals surface area contributed by atoms with Gasteiger partial charge in [0.1, 0.15) is 21.3 Å². The smallest absolute Gasteiger partial charge is 0.224 e. The van der Waals surface area contributed by atoms with Crippen molar-refractivity contribution in [2.75, 3.05) is 17.3 Å². The zero-order chi connectivity index (χ0) is 30.8. The lowest BCUT2D eigenvalue weighted by Gasteiger charge is -2.07. The molecule has 0 aliphatic heterocycles. The second kappa shape index (κ2) is 11.9. The lowest BCUT2D eigenvalue weighted by atomic mass is 10.0. The first-order valence-corrected chi connectivity index (χ1v) is 16.1. The molecule has 0 saturated heterocycles. The maximum atomic E-state index is 14.6. The molecule has 0 radical (unpaired) electrons. The van der Waals surface area contributed by atoms with Crippen LogP contribution in [-0.2, 0) is 21.1 Å². The van der Waals surface area contributed by atoms with Crippen LogP contribution in [0.3, 0.4) is 0 Å². The summed E-state index contributed by atoms with van der Waals surface area (Å²) in [6.45, 7) is 2.04. The fraction of sp³-hybridized carbons (Fsp3) is 0.226. The third kappa shape index (κ3) is 6.32. The van der Waals surface area contributed by atoms with E-state index in [-0.39, 0.29) is 18.1 Å². The van der Waals surface area contributed by atoms with Gasteiger partial charge in [0.15, 0.2) is 11.5 Å². The number of nitrogens with zero attached hydrogens (tertiary/aromatic N) is 5. The average molecular weight is 613 g/mol. The second-order valence-electron chi connectivity index (χ2n) is 10.7. The molecule has 0 atom stereocenters. The van der Waals surface area contributed by atoms with Crippen molar-refractivity contribution in [2.24, 2.45) is 0 Å². The molecule has 0 bridgehead atoms. The van der Waals surface area contributed by atoms with Crippen LogP contribution < -0.4 is 5.32 Å². The Morgan fingerprint density at radius 2 is 1.91 bits per heavy atom. The predicted octanol–water partition coefficient (Wildman–Crippen LogP) is 5.48. The van der Waals surface area contributed by atoms with Gasteiger partial charge in [-0.1, -0.05) is 19.4 Å². The normalized spacial score (nSPS) is 11.8. The van der Waals surface area contributed by atoms with Crippen molar-refractivity contribution in [1.29, 1.82) is 0 Å². The van der Waals surface area contributed by atoms with Gasteiger partial charge in [-0.3, -0.25) is 19.9 Å². The van der Waals surface area contributed by atoms with E-state index in [1.165, 1.54) is 12.1 Å². The van der Waals surface area contributed by atoms with Crippen LogP contribution in [0.5, 0.6) is 0 Å². The Kier molecular flexibility index (Phi) is 7.87. The summed E-state index contributed by atoms with van der Waals surface area (Å²) in [7, 11) is -3.20. The molecule has 11 nitrogen and oxygen atoms in total. The molecule has 0 saturated carbocycles. The Morgan fingerprint density at radius 1 is 1.05 bits per heavy atom. The summed E-state index contributed by atoms with van der Waals surface area (Å²) in [6, 6.07) is 9.97. The van der Waals surface area contributed by atoms with Crippen molar-refractivity contribution in [2.45, 2.75) is 32.6 Å². The molecule has 44 heavy (non-hydrogen) atoms. The number of unbranched alkanes of at least 4 members (excludes halogenated alkanes) is 1. The lowest BCUT2D eigenvalue weighted by molar-refractivity contribution is -0.116. The number of halogens is 1. The van der Waals surface area contributed by atoms with Crippen LogP contribution >= 0.6 is 0 Å². The first-order chi connectivity index (χ1) is 21.2. The van der Waals surface area contributed by atoms with E-state index in [9.17, 15) is 17.6 Å². The van der Waals surface area contributed by atoms with Crippen LogP contribution in [0.2, 0.25) is 0 Å². The highest BCUT2D eigenvalue weighted by molar-refractivity contribution is 7.90. The minimum atomic E-state index is -3.20. The fourth-order valence-corrected chi connectivity index (χ4v) is 5.59. The van der Waals surface area contributed by atoms with E-state index in [1.807, 2.05) is 19.1 Å². The zero-order valence-electron chi connectivity index (χ0n) is 24.1. The fourth-order valence-electron chi connectivity index (χ4n) is 4.98. The number of carbonyl (C=O) groups excluding carboxylic acids is 1. The largest absolute Gasteiger partial charge is 0.335 e. The van der Waals surface area contributed by atoms with Gasteiger partial charge >= 0.3 is 0 Å². The number of fused-ring (bicyclic) bond motifs is 2. The Hall–Kier alpha value is -5.04. The summed E-state index contributed by atoms with van der Waals surface area (Å²) in [4.78, 5) is 33.4. The van der Waals surface area contributed by atoms with Crippen LogP contribution in [0, 0.1) is 5.82 Å². The van der Waals surface area contributed by atoms with E-state index in [1.54, 1.807) is 36.9 Å². The minimum absolute atomic E-state index is 0.0624. The molecule has 0 unspecified atom stereocenters. The summed E-state index contributed by atoms with van der Waals surface area (Å²) >= 11 is 0. The first-order valence-electron chi connectivity index (χ1n) is 14.1. The van der Waals surface area contributed by atoms with Crippen LogP contribution in [0.1, 0.15) is 31.7 Å².